The van der Waals surface area contributed by atoms with Crippen molar-refractivity contribution in [2.75, 3.05) is 46.9 Å². The number of nitrogens with zero attached hydrogens (tertiary/aromatic N) is 2. The minimum Gasteiger partial charge on any atom is -0.458 e. The predicted octanol–water partition coefficient (Wildman–Crippen LogP) is 1.90. The molecule has 1 heterocycles. The Kier molecular flexibility index (Phi) is 8.64. The Morgan fingerprint density at radius 3 is 2.42 bits per heavy atom. The van der Waals surface area contributed by atoms with Crippen LogP contribution < -0.4 is 0 Å². The quantitative estimate of drug-likeness (QED) is 0.254. The van der Waals surface area contributed by atoms with Crippen molar-refractivity contribution in [2.45, 2.75) is 72.2 Å². The number of hydrogen-bond donors (Lipinski definition) is 1. The molecule has 0 aromatic carbocycles. The zero-order chi connectivity index (χ0) is 29.6. The standard InChI is InChI=1S/C30H44N2O8/c1-8-32(9-2)13-12-31(6)15-18-24-27(36)26(35)23-19-10-11-21(34)29(19,4)14-20(39-17(3)33)25(23)30(24,5)22(16-38-7)40-28(18)37/h15,19-22,24,34H,8-14,16H2,1-7H3/b18-15+/t19?,20-,21+,22-,24?,29+,30+/m1/s1. The lowest BCUT2D eigenvalue weighted by molar-refractivity contribution is -0.175. The summed E-state index contributed by atoms with van der Waals surface area (Å²) >= 11 is 0. The van der Waals surface area contributed by atoms with E-state index in [0.717, 1.165) is 19.6 Å². The smallest absolute Gasteiger partial charge is 0.336 e. The minimum absolute atomic E-state index is 0.000575. The van der Waals surface area contributed by atoms with Crippen LogP contribution in [0.3, 0.4) is 0 Å². The molecule has 10 heteroatoms. The lowest BCUT2D eigenvalue weighted by Crippen LogP contribution is -2.63. The lowest BCUT2D eigenvalue weighted by Gasteiger charge is -2.56. The highest BCUT2D eigenvalue weighted by molar-refractivity contribution is 6.47. The third-order valence-electron chi connectivity index (χ3n) is 9.90. The number of methoxy groups -OCH3 is 1. The average Bonchev–Trinajstić information content (AvgIpc) is 3.18. The van der Waals surface area contributed by atoms with Gasteiger partial charge in [-0.3, -0.25) is 14.4 Å². The summed E-state index contributed by atoms with van der Waals surface area (Å²) in [5.41, 5.74) is -0.967. The number of aliphatic hydroxyl groups is 1. The number of carbonyl (C=O) groups excluding carboxylic acids is 4. The van der Waals surface area contributed by atoms with Crippen LogP contribution >= 0.6 is 0 Å². The summed E-state index contributed by atoms with van der Waals surface area (Å²) < 4.78 is 17.3. The Labute approximate surface area is 236 Å². The summed E-state index contributed by atoms with van der Waals surface area (Å²) in [5.74, 6) is -4.02. The van der Waals surface area contributed by atoms with E-state index in [1.807, 2.05) is 25.8 Å². The molecule has 222 valence electrons. The Morgan fingerprint density at radius 2 is 1.82 bits per heavy atom. The van der Waals surface area contributed by atoms with Gasteiger partial charge in [-0.05, 0) is 43.8 Å². The molecule has 40 heavy (non-hydrogen) atoms. The summed E-state index contributed by atoms with van der Waals surface area (Å²) in [6.07, 6.45) is 0.499. The molecular weight excluding hydrogens is 516 g/mol. The molecule has 0 bridgehead atoms. The number of rotatable bonds is 9. The van der Waals surface area contributed by atoms with E-state index < -0.39 is 58.6 Å². The molecule has 0 aromatic heterocycles. The monoisotopic (exact) mass is 560 g/mol. The summed E-state index contributed by atoms with van der Waals surface area (Å²) in [6, 6.07) is 0. The highest BCUT2D eigenvalue weighted by atomic mass is 16.6. The van der Waals surface area contributed by atoms with Crippen LogP contribution in [0.25, 0.3) is 0 Å². The lowest BCUT2D eigenvalue weighted by atomic mass is 9.50. The van der Waals surface area contributed by atoms with Crippen LogP contribution in [0.4, 0.5) is 0 Å². The van der Waals surface area contributed by atoms with Crippen molar-refractivity contribution in [1.82, 2.24) is 9.80 Å². The van der Waals surface area contributed by atoms with Crippen LogP contribution in [0.1, 0.15) is 53.9 Å². The van der Waals surface area contributed by atoms with Crippen molar-refractivity contribution < 1.29 is 38.5 Å². The van der Waals surface area contributed by atoms with Crippen LogP contribution in [0, 0.1) is 22.7 Å². The number of fused-ring (bicyclic) bond motifs is 4. The van der Waals surface area contributed by atoms with Gasteiger partial charge in [0.05, 0.1) is 24.2 Å². The van der Waals surface area contributed by atoms with Crippen molar-refractivity contribution in [3.05, 3.63) is 22.9 Å². The van der Waals surface area contributed by atoms with Gasteiger partial charge in [-0.25, -0.2) is 4.79 Å². The summed E-state index contributed by atoms with van der Waals surface area (Å²) in [6.45, 7) is 12.3. The predicted molar refractivity (Wildman–Crippen MR) is 146 cm³/mol. The summed E-state index contributed by atoms with van der Waals surface area (Å²) in [7, 11) is 3.31. The van der Waals surface area contributed by atoms with Gasteiger partial charge in [0.2, 0.25) is 11.6 Å². The van der Waals surface area contributed by atoms with Gasteiger partial charge in [0, 0.05) is 56.8 Å². The number of carbonyl (C=O) groups is 4. The Bertz CT molecular complexity index is 1130. The zero-order valence-electron chi connectivity index (χ0n) is 24.8. The maximum absolute atomic E-state index is 14.1. The number of allylic oxidation sites excluding steroid dienone is 1. The molecule has 10 nitrogen and oxygen atoms in total. The van der Waals surface area contributed by atoms with E-state index in [2.05, 4.69) is 18.7 Å². The normalized spacial score (nSPS) is 36.4. The molecule has 2 unspecified atom stereocenters. The molecule has 4 rings (SSSR count). The highest BCUT2D eigenvalue weighted by Crippen LogP contribution is 2.63. The van der Waals surface area contributed by atoms with Gasteiger partial charge in [0.1, 0.15) is 12.2 Å². The van der Waals surface area contributed by atoms with Crippen LogP contribution in [0.15, 0.2) is 22.9 Å². The molecule has 0 amide bonds. The fourth-order valence-electron chi connectivity index (χ4n) is 7.63. The van der Waals surface area contributed by atoms with E-state index in [1.165, 1.54) is 14.0 Å². The molecule has 1 saturated carbocycles. The molecule has 1 N–H and O–H groups in total. The average molecular weight is 561 g/mol. The van der Waals surface area contributed by atoms with Crippen molar-refractivity contribution in [1.29, 1.82) is 0 Å². The molecule has 0 aromatic rings. The Balaban J connectivity index is 1.89. The van der Waals surface area contributed by atoms with Gasteiger partial charge >= 0.3 is 11.9 Å². The largest absolute Gasteiger partial charge is 0.458 e. The van der Waals surface area contributed by atoms with E-state index in [-0.39, 0.29) is 18.1 Å². The molecule has 0 radical (unpaired) electrons. The molecule has 4 aliphatic rings. The topological polar surface area (TPSA) is 123 Å². The second kappa shape index (κ2) is 11.4. The van der Waals surface area contributed by atoms with Crippen molar-refractivity contribution in [2.24, 2.45) is 22.7 Å². The number of cyclic esters (lactones) is 1. The van der Waals surface area contributed by atoms with Gasteiger partial charge in [-0.2, -0.15) is 0 Å². The van der Waals surface area contributed by atoms with Crippen LogP contribution in [0.2, 0.25) is 0 Å². The van der Waals surface area contributed by atoms with Gasteiger partial charge in [-0.1, -0.05) is 27.7 Å². The first-order valence-electron chi connectivity index (χ1n) is 14.4. The fraction of sp³-hybridized carbons (Fsp3) is 0.733. The number of ketones is 2. The van der Waals surface area contributed by atoms with E-state index in [0.29, 0.717) is 37.0 Å². The second-order valence-electron chi connectivity index (χ2n) is 12.1. The maximum atomic E-state index is 14.1. The molecule has 7 atom stereocenters. The van der Waals surface area contributed by atoms with Gasteiger partial charge < -0.3 is 29.1 Å². The number of esters is 2. The number of aliphatic hydroxyl groups excluding tert-OH is 1. The maximum Gasteiger partial charge on any atom is 0.336 e. The minimum atomic E-state index is -1.19. The molecule has 0 spiro atoms. The molecule has 1 saturated heterocycles. The van der Waals surface area contributed by atoms with E-state index >= 15 is 0 Å². The first-order valence-corrected chi connectivity index (χ1v) is 14.4. The Hall–Kier alpha value is -2.56. The number of Topliss-reactive ketones (excluding diaryl/α,β-unsaturated/α-hetero) is 2. The summed E-state index contributed by atoms with van der Waals surface area (Å²) in [5, 5.41) is 10.9. The Morgan fingerprint density at radius 1 is 1.15 bits per heavy atom. The van der Waals surface area contributed by atoms with Crippen molar-refractivity contribution >= 4 is 23.5 Å². The van der Waals surface area contributed by atoms with E-state index in [9.17, 15) is 24.3 Å². The van der Waals surface area contributed by atoms with Crippen molar-refractivity contribution in [3.63, 3.8) is 0 Å². The van der Waals surface area contributed by atoms with Gasteiger partial charge in [-0.15, -0.1) is 0 Å². The first kappa shape index (κ1) is 30.4. The first-order chi connectivity index (χ1) is 18.8. The molecular formula is C30H44N2O8. The summed E-state index contributed by atoms with van der Waals surface area (Å²) in [4.78, 5) is 58.0. The van der Waals surface area contributed by atoms with E-state index in [4.69, 9.17) is 14.2 Å². The number of hydrogen-bond acceptors (Lipinski definition) is 10. The second-order valence-corrected chi connectivity index (χ2v) is 12.1. The SMILES string of the molecule is CCN(CC)CCN(C)/C=C1/C(=O)O[C@H](COC)[C@]2(C)C3=C(C(=O)C(=O)C12)C1CC[C@H](O)[C@@]1(C)C[C@H]3OC(C)=O. The number of likely N-dealkylation sites (N-methyl/N-ethyl adjacent to an activating group) is 2. The van der Waals surface area contributed by atoms with Gasteiger partial charge in [0.25, 0.3) is 0 Å². The van der Waals surface area contributed by atoms with Crippen LogP contribution in [0.5, 0.6) is 0 Å². The van der Waals surface area contributed by atoms with Gasteiger partial charge in [0.15, 0.2) is 0 Å². The third-order valence-corrected chi connectivity index (χ3v) is 9.90. The molecule has 2 fully saturated rings. The molecule has 1 aliphatic heterocycles. The zero-order valence-corrected chi connectivity index (χ0v) is 24.8. The van der Waals surface area contributed by atoms with Crippen molar-refractivity contribution in [3.8, 4) is 0 Å². The molecule has 3 aliphatic carbocycles. The van der Waals surface area contributed by atoms with E-state index in [1.54, 1.807) is 6.20 Å². The third kappa shape index (κ3) is 4.81. The van der Waals surface area contributed by atoms with Crippen LogP contribution in [-0.4, -0.2) is 104 Å². The number of ether oxygens (including phenoxy) is 3. The fourth-order valence-corrected chi connectivity index (χ4v) is 7.63. The highest BCUT2D eigenvalue weighted by Gasteiger charge is 2.67. The van der Waals surface area contributed by atoms with Crippen LogP contribution in [-0.2, 0) is 33.4 Å².